The van der Waals surface area contributed by atoms with Gasteiger partial charge in [-0.05, 0) is 70.3 Å². The van der Waals surface area contributed by atoms with E-state index in [-0.39, 0.29) is 10.2 Å². The molecule has 0 aromatic heterocycles. The maximum atomic E-state index is 12.5. The standard InChI is InChI=1S/C38H28N2O3S2/c41-36(42)26-39-37(43)35(45-38(39)44)13-7-8-27-14-20-32(21-15-27)40(33-22-16-30(17-23-33)28-9-3-1-4-10-28)34-24-18-31(19-25-34)29-11-5-2-6-12-29/h1-25H,26H2,(H,41,42)/b8-7+,35-13-. The fraction of sp³-hybridized carbons (Fsp3) is 0.0263. The summed E-state index contributed by atoms with van der Waals surface area (Å²) in [6.07, 6.45) is 5.36. The zero-order chi connectivity index (χ0) is 31.2. The van der Waals surface area contributed by atoms with E-state index in [4.69, 9.17) is 17.3 Å². The van der Waals surface area contributed by atoms with E-state index in [1.54, 1.807) is 12.2 Å². The SMILES string of the molecule is O=C(O)CN1C(=O)/C(=C/C=C/c2ccc(N(c3ccc(-c4ccccc4)cc3)c3ccc(-c4ccccc4)cc3)cc2)SC1=S. The van der Waals surface area contributed by atoms with Gasteiger partial charge in [-0.3, -0.25) is 14.5 Å². The third-order valence-electron chi connectivity index (χ3n) is 7.32. The zero-order valence-corrected chi connectivity index (χ0v) is 25.7. The Hall–Kier alpha value is -5.24. The van der Waals surface area contributed by atoms with E-state index >= 15 is 0 Å². The van der Waals surface area contributed by atoms with Gasteiger partial charge in [-0.25, -0.2) is 0 Å². The third-order valence-corrected chi connectivity index (χ3v) is 8.72. The lowest BCUT2D eigenvalue weighted by molar-refractivity contribution is -0.140. The number of thiocarbonyl (C=S) groups is 1. The number of nitrogens with zero attached hydrogens (tertiary/aromatic N) is 2. The molecular weight excluding hydrogens is 597 g/mol. The lowest BCUT2D eigenvalue weighted by atomic mass is 10.0. The fourth-order valence-electron chi connectivity index (χ4n) is 5.08. The molecule has 0 aliphatic carbocycles. The number of hydrogen-bond acceptors (Lipinski definition) is 5. The Labute approximate surface area is 271 Å². The maximum Gasteiger partial charge on any atom is 0.323 e. The Kier molecular flexibility index (Phi) is 9.01. The Morgan fingerprint density at radius 2 is 1.13 bits per heavy atom. The van der Waals surface area contributed by atoms with E-state index < -0.39 is 12.5 Å². The number of carboxylic acid groups (broad SMARTS) is 1. The second-order valence-electron chi connectivity index (χ2n) is 10.3. The van der Waals surface area contributed by atoms with Crippen LogP contribution in [0, 0.1) is 0 Å². The molecule has 1 aliphatic rings. The molecule has 45 heavy (non-hydrogen) atoms. The smallest absolute Gasteiger partial charge is 0.323 e. The van der Waals surface area contributed by atoms with Gasteiger partial charge in [0.25, 0.3) is 5.91 Å². The first-order chi connectivity index (χ1) is 22.0. The first-order valence-corrected chi connectivity index (χ1v) is 15.5. The molecular formula is C38H28N2O3S2. The topological polar surface area (TPSA) is 60.9 Å². The van der Waals surface area contributed by atoms with Crippen molar-refractivity contribution in [2.75, 3.05) is 11.4 Å². The summed E-state index contributed by atoms with van der Waals surface area (Å²) >= 11 is 6.28. The number of carbonyl (C=O) groups is 2. The highest BCUT2D eigenvalue weighted by molar-refractivity contribution is 8.26. The fourth-order valence-corrected chi connectivity index (χ4v) is 6.29. The average Bonchev–Trinajstić information content (AvgIpc) is 3.34. The molecule has 5 nitrogen and oxygen atoms in total. The predicted molar refractivity (Wildman–Crippen MR) is 189 cm³/mol. The minimum absolute atomic E-state index is 0.250. The van der Waals surface area contributed by atoms with Crippen LogP contribution >= 0.6 is 24.0 Å². The molecule has 1 aliphatic heterocycles. The van der Waals surface area contributed by atoms with Gasteiger partial charge in [-0.1, -0.05) is 133 Å². The van der Waals surface area contributed by atoms with Gasteiger partial charge >= 0.3 is 5.97 Å². The summed E-state index contributed by atoms with van der Waals surface area (Å²) in [5.74, 6) is -1.49. The van der Waals surface area contributed by atoms with E-state index in [9.17, 15) is 9.59 Å². The van der Waals surface area contributed by atoms with Gasteiger partial charge in [-0.15, -0.1) is 0 Å². The molecule has 5 aromatic carbocycles. The summed E-state index contributed by atoms with van der Waals surface area (Å²) in [6, 6.07) is 46.0. The first-order valence-electron chi connectivity index (χ1n) is 14.3. The number of benzene rings is 5. The van der Waals surface area contributed by atoms with E-state index in [1.807, 2.05) is 54.6 Å². The van der Waals surface area contributed by atoms with Gasteiger partial charge in [0.2, 0.25) is 0 Å². The van der Waals surface area contributed by atoms with Crippen molar-refractivity contribution in [3.63, 3.8) is 0 Å². The minimum atomic E-state index is -1.10. The summed E-state index contributed by atoms with van der Waals surface area (Å²) in [5, 5.41) is 9.05. The Bertz CT molecular complexity index is 1800. The Morgan fingerprint density at radius 1 is 0.689 bits per heavy atom. The van der Waals surface area contributed by atoms with Gasteiger partial charge in [0, 0.05) is 17.1 Å². The number of carboxylic acids is 1. The van der Waals surface area contributed by atoms with Gasteiger partial charge in [0.05, 0.1) is 4.91 Å². The first kappa shape index (κ1) is 29.8. The van der Waals surface area contributed by atoms with Crippen LogP contribution in [0.5, 0.6) is 0 Å². The lowest BCUT2D eigenvalue weighted by Gasteiger charge is -2.26. The Morgan fingerprint density at radius 3 is 1.60 bits per heavy atom. The van der Waals surface area contributed by atoms with Crippen LogP contribution in [0.4, 0.5) is 17.1 Å². The summed E-state index contributed by atoms with van der Waals surface area (Å²) < 4.78 is 0.250. The average molecular weight is 625 g/mol. The predicted octanol–water partition coefficient (Wildman–Crippen LogP) is 9.33. The number of hydrogen-bond donors (Lipinski definition) is 1. The highest BCUT2D eigenvalue weighted by atomic mass is 32.2. The van der Waals surface area contributed by atoms with Crippen molar-refractivity contribution in [3.8, 4) is 22.3 Å². The van der Waals surface area contributed by atoms with Crippen molar-refractivity contribution in [3.05, 3.63) is 156 Å². The number of amides is 1. The van der Waals surface area contributed by atoms with Crippen LogP contribution in [0.3, 0.4) is 0 Å². The summed E-state index contributed by atoms with van der Waals surface area (Å²) in [5.41, 5.74) is 8.67. The van der Waals surface area contributed by atoms with Crippen LogP contribution < -0.4 is 4.90 Å². The van der Waals surface area contributed by atoms with Crippen LogP contribution in [0.2, 0.25) is 0 Å². The molecule has 0 spiro atoms. The maximum absolute atomic E-state index is 12.5. The van der Waals surface area contributed by atoms with Crippen molar-refractivity contribution in [2.45, 2.75) is 0 Å². The van der Waals surface area contributed by atoms with Crippen molar-refractivity contribution >= 4 is 63.3 Å². The number of allylic oxidation sites excluding steroid dienone is 2. The molecule has 7 heteroatoms. The van der Waals surface area contributed by atoms with Crippen molar-refractivity contribution in [1.82, 2.24) is 4.90 Å². The van der Waals surface area contributed by atoms with Crippen molar-refractivity contribution in [2.24, 2.45) is 0 Å². The van der Waals surface area contributed by atoms with Gasteiger partial charge in [0.1, 0.15) is 10.9 Å². The molecule has 1 saturated heterocycles. The second kappa shape index (κ2) is 13.6. The molecule has 1 N–H and O–H groups in total. The highest BCUT2D eigenvalue weighted by Gasteiger charge is 2.32. The Balaban J connectivity index is 1.27. The number of thioether (sulfide) groups is 1. The molecule has 1 fully saturated rings. The van der Waals surface area contributed by atoms with E-state index in [0.717, 1.165) is 50.4 Å². The van der Waals surface area contributed by atoms with Crippen LogP contribution in [0.1, 0.15) is 5.56 Å². The monoisotopic (exact) mass is 624 g/mol. The largest absolute Gasteiger partial charge is 0.480 e. The molecule has 6 rings (SSSR count). The van der Waals surface area contributed by atoms with Crippen LogP contribution in [0.15, 0.2) is 151 Å². The molecule has 5 aromatic rings. The quantitative estimate of drug-likeness (QED) is 0.130. The minimum Gasteiger partial charge on any atom is -0.480 e. The molecule has 220 valence electrons. The summed E-state index contributed by atoms with van der Waals surface area (Å²) in [6.45, 7) is -0.437. The molecule has 0 atom stereocenters. The second-order valence-corrected chi connectivity index (χ2v) is 12.0. The van der Waals surface area contributed by atoms with E-state index in [2.05, 4.69) is 89.8 Å². The molecule has 0 unspecified atom stereocenters. The molecule has 0 saturated carbocycles. The number of rotatable bonds is 9. The van der Waals surface area contributed by atoms with Crippen molar-refractivity contribution in [1.29, 1.82) is 0 Å². The van der Waals surface area contributed by atoms with Crippen molar-refractivity contribution < 1.29 is 14.7 Å². The zero-order valence-electron chi connectivity index (χ0n) is 24.1. The highest BCUT2D eigenvalue weighted by Crippen LogP contribution is 2.37. The molecule has 0 radical (unpaired) electrons. The van der Waals surface area contributed by atoms with Crippen LogP contribution in [-0.4, -0.2) is 32.7 Å². The van der Waals surface area contributed by atoms with Gasteiger partial charge in [0.15, 0.2) is 0 Å². The summed E-state index contributed by atoms with van der Waals surface area (Å²) in [4.78, 5) is 27.3. The molecule has 1 heterocycles. The normalized spacial score (nSPS) is 14.0. The number of aliphatic carboxylic acids is 1. The van der Waals surface area contributed by atoms with Gasteiger partial charge in [-0.2, -0.15) is 0 Å². The van der Waals surface area contributed by atoms with E-state index in [1.165, 1.54) is 11.1 Å². The van der Waals surface area contributed by atoms with E-state index in [0.29, 0.717) is 4.91 Å². The number of carbonyl (C=O) groups excluding carboxylic acids is 1. The molecule has 1 amide bonds. The lowest BCUT2D eigenvalue weighted by Crippen LogP contribution is -2.33. The molecule has 0 bridgehead atoms. The van der Waals surface area contributed by atoms with Crippen LogP contribution in [0.25, 0.3) is 28.3 Å². The van der Waals surface area contributed by atoms with Crippen LogP contribution in [-0.2, 0) is 9.59 Å². The third kappa shape index (κ3) is 6.96. The van der Waals surface area contributed by atoms with Gasteiger partial charge < -0.3 is 10.0 Å². The number of anilines is 3. The summed E-state index contributed by atoms with van der Waals surface area (Å²) in [7, 11) is 0.